The van der Waals surface area contributed by atoms with E-state index in [0.717, 1.165) is 18.4 Å². The molecule has 0 saturated carbocycles. The average Bonchev–Trinajstić information content (AvgIpc) is 2.63. The molecule has 0 N–H and O–H groups in total. The van der Waals surface area contributed by atoms with Gasteiger partial charge in [-0.05, 0) is 24.5 Å². The van der Waals surface area contributed by atoms with Gasteiger partial charge in [-0.1, -0.05) is 36.4 Å². The minimum atomic E-state index is -0.0597. The number of aryl methyl sites for hydroxylation is 1. The van der Waals surface area contributed by atoms with Crippen molar-refractivity contribution < 1.29 is 9.53 Å². The number of hydrogen-bond acceptors (Lipinski definition) is 3. The van der Waals surface area contributed by atoms with E-state index in [1.54, 1.807) is 6.20 Å². The van der Waals surface area contributed by atoms with Crippen molar-refractivity contribution in [3.8, 4) is 0 Å². The smallest absolute Gasteiger partial charge is 0.222 e. The summed E-state index contributed by atoms with van der Waals surface area (Å²) in [7, 11) is 0. The Hall–Kier alpha value is -2.20. The van der Waals surface area contributed by atoms with Crippen molar-refractivity contribution in [1.82, 2.24) is 9.88 Å². The van der Waals surface area contributed by atoms with Crippen LogP contribution in [0.1, 0.15) is 30.1 Å². The zero-order valence-electron chi connectivity index (χ0n) is 13.2. The Morgan fingerprint density at radius 3 is 2.87 bits per heavy atom. The maximum atomic E-state index is 12.4. The molecule has 4 heteroatoms. The topological polar surface area (TPSA) is 42.4 Å². The van der Waals surface area contributed by atoms with Crippen LogP contribution in [0.15, 0.2) is 54.9 Å². The maximum Gasteiger partial charge on any atom is 0.222 e. The molecule has 0 radical (unpaired) electrons. The van der Waals surface area contributed by atoms with Crippen molar-refractivity contribution >= 4 is 5.91 Å². The molecule has 0 unspecified atom stereocenters. The number of morpholine rings is 1. The second-order valence-corrected chi connectivity index (χ2v) is 5.82. The standard InChI is InChI=1S/C19H22N2O2/c22-19(10-4-8-16-6-2-1-3-7-16)21-12-13-23-18(15-21)17-9-5-11-20-14-17/h1-3,5-7,9,11,14,18H,4,8,10,12-13,15H2/t18-/m1/s1. The molecule has 23 heavy (non-hydrogen) atoms. The number of benzene rings is 1. The summed E-state index contributed by atoms with van der Waals surface area (Å²) in [6.07, 6.45) is 5.93. The fourth-order valence-electron chi connectivity index (χ4n) is 2.89. The Morgan fingerprint density at radius 1 is 1.22 bits per heavy atom. The summed E-state index contributed by atoms with van der Waals surface area (Å²) in [5, 5.41) is 0. The van der Waals surface area contributed by atoms with E-state index in [9.17, 15) is 4.79 Å². The number of aromatic nitrogens is 1. The normalized spacial score (nSPS) is 17.9. The van der Waals surface area contributed by atoms with Crippen LogP contribution in [-0.4, -0.2) is 35.5 Å². The van der Waals surface area contributed by atoms with Crippen LogP contribution in [0.25, 0.3) is 0 Å². The van der Waals surface area contributed by atoms with E-state index in [0.29, 0.717) is 26.1 Å². The first-order valence-electron chi connectivity index (χ1n) is 8.16. The van der Waals surface area contributed by atoms with Crippen LogP contribution in [0.3, 0.4) is 0 Å². The molecule has 120 valence electrons. The third kappa shape index (κ3) is 4.39. The third-order valence-electron chi connectivity index (χ3n) is 4.17. The molecular weight excluding hydrogens is 288 g/mol. The molecular formula is C19H22N2O2. The first-order valence-corrected chi connectivity index (χ1v) is 8.16. The van der Waals surface area contributed by atoms with Gasteiger partial charge >= 0.3 is 0 Å². The van der Waals surface area contributed by atoms with Gasteiger partial charge in [-0.25, -0.2) is 0 Å². The van der Waals surface area contributed by atoms with Crippen molar-refractivity contribution in [2.45, 2.75) is 25.4 Å². The van der Waals surface area contributed by atoms with Crippen LogP contribution >= 0.6 is 0 Å². The lowest BCUT2D eigenvalue weighted by Gasteiger charge is -2.33. The largest absolute Gasteiger partial charge is 0.370 e. The maximum absolute atomic E-state index is 12.4. The van der Waals surface area contributed by atoms with Gasteiger partial charge in [-0.2, -0.15) is 0 Å². The molecule has 2 aromatic rings. The highest BCUT2D eigenvalue weighted by Gasteiger charge is 2.25. The van der Waals surface area contributed by atoms with Crippen molar-refractivity contribution in [3.05, 3.63) is 66.0 Å². The van der Waals surface area contributed by atoms with Gasteiger partial charge in [0.25, 0.3) is 0 Å². The van der Waals surface area contributed by atoms with Gasteiger partial charge in [0.1, 0.15) is 6.10 Å². The fourth-order valence-corrected chi connectivity index (χ4v) is 2.89. The van der Waals surface area contributed by atoms with Crippen LogP contribution in [0.4, 0.5) is 0 Å². The monoisotopic (exact) mass is 310 g/mol. The summed E-state index contributed by atoms with van der Waals surface area (Å²) in [4.78, 5) is 18.5. The molecule has 4 nitrogen and oxygen atoms in total. The summed E-state index contributed by atoms with van der Waals surface area (Å²) >= 11 is 0. The number of carbonyl (C=O) groups is 1. The van der Waals surface area contributed by atoms with Crippen LogP contribution in [0.5, 0.6) is 0 Å². The number of amides is 1. The van der Waals surface area contributed by atoms with Gasteiger partial charge in [0, 0.05) is 30.9 Å². The van der Waals surface area contributed by atoms with Crippen LogP contribution < -0.4 is 0 Å². The predicted octanol–water partition coefficient (Wildman–Crippen LogP) is 3.00. The Morgan fingerprint density at radius 2 is 2.09 bits per heavy atom. The molecule has 2 heterocycles. The van der Waals surface area contributed by atoms with Gasteiger partial charge < -0.3 is 9.64 Å². The second kappa shape index (κ2) is 7.88. The van der Waals surface area contributed by atoms with Crippen LogP contribution in [0, 0.1) is 0 Å². The molecule has 1 aliphatic rings. The average molecular weight is 310 g/mol. The van der Waals surface area contributed by atoms with E-state index in [1.165, 1.54) is 5.56 Å². The first kappa shape index (κ1) is 15.7. The lowest BCUT2D eigenvalue weighted by Crippen LogP contribution is -2.42. The van der Waals surface area contributed by atoms with E-state index in [-0.39, 0.29) is 12.0 Å². The highest BCUT2D eigenvalue weighted by Crippen LogP contribution is 2.22. The van der Waals surface area contributed by atoms with E-state index >= 15 is 0 Å². The molecule has 1 aliphatic heterocycles. The van der Waals surface area contributed by atoms with E-state index in [2.05, 4.69) is 17.1 Å². The highest BCUT2D eigenvalue weighted by atomic mass is 16.5. The summed E-state index contributed by atoms with van der Waals surface area (Å²) in [5.41, 5.74) is 2.32. The number of pyridine rings is 1. The third-order valence-corrected chi connectivity index (χ3v) is 4.17. The molecule has 1 aromatic heterocycles. The fraction of sp³-hybridized carbons (Fsp3) is 0.368. The summed E-state index contributed by atoms with van der Waals surface area (Å²) < 4.78 is 5.78. The molecule has 1 saturated heterocycles. The molecule has 0 spiro atoms. The molecule has 0 bridgehead atoms. The molecule has 1 amide bonds. The Labute approximate surface area is 137 Å². The summed E-state index contributed by atoms with van der Waals surface area (Å²) in [5.74, 6) is 0.220. The summed E-state index contributed by atoms with van der Waals surface area (Å²) in [6, 6.07) is 14.2. The minimum absolute atomic E-state index is 0.0597. The SMILES string of the molecule is O=C(CCCc1ccccc1)N1CCO[C@@H](c2cccnc2)C1. The predicted molar refractivity (Wildman–Crippen MR) is 88.9 cm³/mol. The lowest BCUT2D eigenvalue weighted by molar-refractivity contribution is -0.139. The molecule has 1 fully saturated rings. The molecule has 3 rings (SSSR count). The number of ether oxygens (including phenoxy) is 1. The van der Waals surface area contributed by atoms with Crippen LogP contribution in [0.2, 0.25) is 0 Å². The van der Waals surface area contributed by atoms with E-state index in [4.69, 9.17) is 4.74 Å². The number of rotatable bonds is 5. The molecule has 1 atom stereocenters. The van der Waals surface area contributed by atoms with Gasteiger partial charge in [-0.3, -0.25) is 9.78 Å². The number of carbonyl (C=O) groups excluding carboxylic acids is 1. The Kier molecular flexibility index (Phi) is 5.37. The van der Waals surface area contributed by atoms with E-state index < -0.39 is 0 Å². The first-order chi connectivity index (χ1) is 11.3. The molecule has 0 aliphatic carbocycles. The zero-order chi connectivity index (χ0) is 15.9. The highest BCUT2D eigenvalue weighted by molar-refractivity contribution is 5.76. The minimum Gasteiger partial charge on any atom is -0.370 e. The van der Waals surface area contributed by atoms with Crippen molar-refractivity contribution in [2.75, 3.05) is 19.7 Å². The van der Waals surface area contributed by atoms with Crippen LogP contribution in [-0.2, 0) is 16.0 Å². The quantitative estimate of drug-likeness (QED) is 0.852. The zero-order valence-corrected chi connectivity index (χ0v) is 13.2. The van der Waals surface area contributed by atoms with E-state index in [1.807, 2.05) is 41.4 Å². The van der Waals surface area contributed by atoms with Crippen molar-refractivity contribution in [2.24, 2.45) is 0 Å². The second-order valence-electron chi connectivity index (χ2n) is 5.82. The lowest BCUT2D eigenvalue weighted by atomic mass is 10.1. The van der Waals surface area contributed by atoms with Gasteiger partial charge in [-0.15, -0.1) is 0 Å². The number of nitrogens with zero attached hydrogens (tertiary/aromatic N) is 2. The number of hydrogen-bond donors (Lipinski definition) is 0. The van der Waals surface area contributed by atoms with Crippen molar-refractivity contribution in [1.29, 1.82) is 0 Å². The van der Waals surface area contributed by atoms with Crippen molar-refractivity contribution in [3.63, 3.8) is 0 Å². The Bertz CT molecular complexity index is 616. The van der Waals surface area contributed by atoms with Gasteiger partial charge in [0.15, 0.2) is 0 Å². The van der Waals surface area contributed by atoms with Gasteiger partial charge in [0.2, 0.25) is 5.91 Å². The summed E-state index contributed by atoms with van der Waals surface area (Å²) in [6.45, 7) is 1.89. The molecule has 1 aromatic carbocycles. The Balaban J connectivity index is 1.49. The van der Waals surface area contributed by atoms with Gasteiger partial charge in [0.05, 0.1) is 13.2 Å².